The van der Waals surface area contributed by atoms with Crippen LogP contribution in [0, 0.1) is 5.82 Å². The summed E-state index contributed by atoms with van der Waals surface area (Å²) in [6, 6.07) is 7.90. The summed E-state index contributed by atoms with van der Waals surface area (Å²) in [6.07, 6.45) is 0. The van der Waals surface area contributed by atoms with E-state index in [9.17, 15) is 9.18 Å². The summed E-state index contributed by atoms with van der Waals surface area (Å²) < 4.78 is 12.8. The van der Waals surface area contributed by atoms with Crippen molar-refractivity contribution in [1.29, 1.82) is 0 Å². The Morgan fingerprint density at radius 3 is 2.56 bits per heavy atom. The highest BCUT2D eigenvalue weighted by Crippen LogP contribution is 2.36. The van der Waals surface area contributed by atoms with Gasteiger partial charge in [-0.05, 0) is 35.7 Å². The third-order valence-corrected chi connectivity index (χ3v) is 4.37. The van der Waals surface area contributed by atoms with Crippen LogP contribution in [0.2, 0.25) is 0 Å². The highest BCUT2D eigenvalue weighted by molar-refractivity contribution is 7.99. The van der Waals surface area contributed by atoms with Crippen molar-refractivity contribution in [3.8, 4) is 0 Å². The van der Waals surface area contributed by atoms with Crippen LogP contribution in [0.4, 0.5) is 4.39 Å². The molecule has 0 atom stereocenters. The second-order valence-corrected chi connectivity index (χ2v) is 5.49. The van der Waals surface area contributed by atoms with Crippen molar-refractivity contribution >= 4 is 34.6 Å². The predicted molar refractivity (Wildman–Crippen MR) is 71.5 cm³/mol. The van der Waals surface area contributed by atoms with Crippen LogP contribution in [0.5, 0.6) is 0 Å². The van der Waals surface area contributed by atoms with E-state index in [0.29, 0.717) is 4.88 Å². The van der Waals surface area contributed by atoms with Gasteiger partial charge >= 0.3 is 5.97 Å². The quantitative estimate of drug-likeness (QED) is 0.855. The maximum atomic E-state index is 12.8. The minimum Gasteiger partial charge on any atom is -0.478 e. The summed E-state index contributed by atoms with van der Waals surface area (Å²) in [4.78, 5) is 13.2. The topological polar surface area (TPSA) is 37.3 Å². The van der Waals surface area contributed by atoms with Gasteiger partial charge in [0.2, 0.25) is 0 Å². The van der Waals surface area contributed by atoms with Gasteiger partial charge in [-0.2, -0.15) is 0 Å². The van der Waals surface area contributed by atoms with Crippen LogP contribution in [-0.4, -0.2) is 11.1 Å². The van der Waals surface area contributed by atoms with Crippen molar-refractivity contribution in [2.24, 2.45) is 0 Å². The second kappa shape index (κ2) is 5.37. The molecule has 0 radical (unpaired) electrons. The average molecular weight is 280 g/mol. The van der Waals surface area contributed by atoms with E-state index < -0.39 is 5.97 Å². The fraction of sp³-hybridized carbons (Fsp3) is 0. The van der Waals surface area contributed by atoms with Crippen LogP contribution in [0.1, 0.15) is 4.88 Å². The Labute approximate surface area is 112 Å². The number of carbonyl (C=O) groups is 1. The lowest BCUT2D eigenvalue weighted by Gasteiger charge is -2.03. The Hall–Kier alpha value is -1.59. The number of benzene rings is 1. The van der Waals surface area contributed by atoms with Crippen LogP contribution in [0.3, 0.4) is 0 Å². The molecule has 1 aromatic carbocycles. The van der Waals surface area contributed by atoms with Gasteiger partial charge in [0, 0.05) is 9.79 Å². The van der Waals surface area contributed by atoms with E-state index in [-0.39, 0.29) is 11.4 Å². The lowest BCUT2D eigenvalue weighted by Crippen LogP contribution is -1.96. The summed E-state index contributed by atoms with van der Waals surface area (Å²) in [5, 5.41) is 10.7. The van der Waals surface area contributed by atoms with Gasteiger partial charge in [-0.1, -0.05) is 18.3 Å². The molecular formula is C13H9FO2S2. The van der Waals surface area contributed by atoms with E-state index in [4.69, 9.17) is 5.11 Å². The molecule has 1 heterocycles. The van der Waals surface area contributed by atoms with Crippen molar-refractivity contribution in [1.82, 2.24) is 0 Å². The van der Waals surface area contributed by atoms with E-state index in [1.165, 1.54) is 35.2 Å². The number of thiophene rings is 1. The maximum Gasteiger partial charge on any atom is 0.336 e. The van der Waals surface area contributed by atoms with Crippen LogP contribution in [0.25, 0.3) is 5.57 Å². The van der Waals surface area contributed by atoms with Crippen molar-refractivity contribution in [3.05, 3.63) is 53.0 Å². The number of rotatable bonds is 4. The standard InChI is InChI=1S/C13H9FO2S2/c1-8(13(15)16)12-11(6-7-17-12)18-10-4-2-9(14)3-5-10/h2-7H,1H2,(H,15,16). The highest BCUT2D eigenvalue weighted by Gasteiger charge is 2.14. The fourth-order valence-corrected chi connectivity index (χ4v) is 3.31. The number of carboxylic acids is 1. The molecule has 1 aromatic heterocycles. The molecule has 0 aliphatic rings. The smallest absolute Gasteiger partial charge is 0.336 e. The predicted octanol–water partition coefficient (Wildman–Crippen LogP) is 4.14. The first-order chi connectivity index (χ1) is 8.58. The Kier molecular flexibility index (Phi) is 3.84. The minimum absolute atomic E-state index is 0.0783. The molecule has 0 unspecified atom stereocenters. The zero-order valence-corrected chi connectivity index (χ0v) is 10.9. The molecule has 0 fully saturated rings. The van der Waals surface area contributed by atoms with E-state index in [0.717, 1.165) is 9.79 Å². The van der Waals surface area contributed by atoms with Gasteiger partial charge in [-0.15, -0.1) is 11.3 Å². The number of hydrogen-bond donors (Lipinski definition) is 1. The van der Waals surface area contributed by atoms with Crippen LogP contribution >= 0.6 is 23.1 Å². The molecule has 0 saturated heterocycles. The molecule has 0 aliphatic carbocycles. The first-order valence-corrected chi connectivity index (χ1v) is 6.71. The highest BCUT2D eigenvalue weighted by atomic mass is 32.2. The van der Waals surface area contributed by atoms with Gasteiger partial charge in [0.1, 0.15) is 5.82 Å². The van der Waals surface area contributed by atoms with E-state index in [2.05, 4.69) is 6.58 Å². The largest absolute Gasteiger partial charge is 0.478 e. The zero-order chi connectivity index (χ0) is 13.1. The van der Waals surface area contributed by atoms with Crippen molar-refractivity contribution in [2.45, 2.75) is 9.79 Å². The molecule has 18 heavy (non-hydrogen) atoms. The van der Waals surface area contributed by atoms with Crippen LogP contribution < -0.4 is 0 Å². The van der Waals surface area contributed by atoms with Gasteiger partial charge in [-0.3, -0.25) is 0 Å². The van der Waals surface area contributed by atoms with E-state index >= 15 is 0 Å². The third-order valence-electron chi connectivity index (χ3n) is 2.20. The van der Waals surface area contributed by atoms with Crippen molar-refractivity contribution in [3.63, 3.8) is 0 Å². The fourth-order valence-electron chi connectivity index (χ4n) is 1.32. The van der Waals surface area contributed by atoms with Gasteiger partial charge in [0.15, 0.2) is 0 Å². The molecule has 92 valence electrons. The van der Waals surface area contributed by atoms with Gasteiger partial charge in [0.25, 0.3) is 0 Å². The third kappa shape index (κ3) is 2.80. The number of aliphatic carboxylic acids is 1. The van der Waals surface area contributed by atoms with Crippen LogP contribution in [0.15, 0.2) is 52.1 Å². The molecule has 0 bridgehead atoms. The molecule has 0 amide bonds. The Morgan fingerprint density at radius 2 is 1.94 bits per heavy atom. The summed E-state index contributed by atoms with van der Waals surface area (Å²) in [7, 11) is 0. The molecular weight excluding hydrogens is 271 g/mol. The Bertz CT molecular complexity index is 587. The zero-order valence-electron chi connectivity index (χ0n) is 9.22. The van der Waals surface area contributed by atoms with Crippen molar-refractivity contribution < 1.29 is 14.3 Å². The molecule has 2 aromatic rings. The van der Waals surface area contributed by atoms with Gasteiger partial charge in [0.05, 0.1) is 10.5 Å². The maximum absolute atomic E-state index is 12.8. The Morgan fingerprint density at radius 1 is 1.28 bits per heavy atom. The number of halogens is 1. The molecule has 2 rings (SSSR count). The summed E-state index contributed by atoms with van der Waals surface area (Å²) >= 11 is 2.73. The lowest BCUT2D eigenvalue weighted by atomic mass is 10.2. The molecule has 1 N–H and O–H groups in total. The second-order valence-electron chi connectivity index (χ2n) is 3.45. The summed E-state index contributed by atoms with van der Waals surface area (Å²) in [5.41, 5.74) is 0.0783. The SMILES string of the molecule is C=C(C(=O)O)c1sccc1Sc1ccc(F)cc1. The number of hydrogen-bond acceptors (Lipinski definition) is 3. The van der Waals surface area contributed by atoms with Gasteiger partial charge < -0.3 is 5.11 Å². The average Bonchev–Trinajstić information content (AvgIpc) is 2.79. The molecule has 0 spiro atoms. The Balaban J connectivity index is 2.25. The summed E-state index contributed by atoms with van der Waals surface area (Å²) in [5.74, 6) is -1.32. The normalized spacial score (nSPS) is 10.3. The first kappa shape index (κ1) is 12.9. The lowest BCUT2D eigenvalue weighted by molar-refractivity contribution is -0.130. The van der Waals surface area contributed by atoms with E-state index in [1.54, 1.807) is 12.1 Å². The van der Waals surface area contributed by atoms with E-state index in [1.807, 2.05) is 11.4 Å². The molecule has 2 nitrogen and oxygen atoms in total. The van der Waals surface area contributed by atoms with Crippen LogP contribution in [-0.2, 0) is 4.79 Å². The van der Waals surface area contributed by atoms with Crippen molar-refractivity contribution in [2.75, 3.05) is 0 Å². The monoisotopic (exact) mass is 280 g/mol. The minimum atomic E-state index is -1.03. The molecule has 0 aliphatic heterocycles. The summed E-state index contributed by atoms with van der Waals surface area (Å²) in [6.45, 7) is 3.55. The molecule has 5 heteroatoms. The molecule has 0 saturated carbocycles. The van der Waals surface area contributed by atoms with Gasteiger partial charge in [-0.25, -0.2) is 9.18 Å². The first-order valence-electron chi connectivity index (χ1n) is 5.01. The number of carboxylic acid groups (broad SMARTS) is 1.